The summed E-state index contributed by atoms with van der Waals surface area (Å²) in [6.07, 6.45) is 4.91. The second-order valence-electron chi connectivity index (χ2n) is 14.5. The highest BCUT2D eigenvalue weighted by Crippen LogP contribution is 2.38. The molecule has 2 fully saturated rings. The zero-order valence-electron chi connectivity index (χ0n) is 29.1. The van der Waals surface area contributed by atoms with Gasteiger partial charge in [0.05, 0.1) is 20.1 Å². The first-order valence-electron chi connectivity index (χ1n) is 17.1. The van der Waals surface area contributed by atoms with Gasteiger partial charge in [-0.2, -0.15) is 0 Å². The van der Waals surface area contributed by atoms with E-state index >= 15 is 0 Å². The van der Waals surface area contributed by atoms with Crippen molar-refractivity contribution in [3.05, 3.63) is 59.7 Å². The summed E-state index contributed by atoms with van der Waals surface area (Å²) >= 11 is 0. The quantitative estimate of drug-likeness (QED) is 0.184. The van der Waals surface area contributed by atoms with E-state index in [4.69, 9.17) is 18.9 Å². The molecule has 254 valence electrons. The normalized spacial score (nSPS) is 18.8. The highest BCUT2D eigenvalue weighted by molar-refractivity contribution is 5.79. The van der Waals surface area contributed by atoms with Crippen LogP contribution in [-0.4, -0.2) is 80.5 Å². The molecule has 1 aliphatic carbocycles. The predicted octanol–water partition coefficient (Wildman–Crippen LogP) is 7.03. The lowest BCUT2D eigenvalue weighted by atomic mass is 9.78. The summed E-state index contributed by atoms with van der Waals surface area (Å²) in [6.45, 7) is 13.4. The molecule has 1 unspecified atom stereocenters. The van der Waals surface area contributed by atoms with Crippen molar-refractivity contribution in [3.63, 3.8) is 0 Å². The number of rotatable bonds is 16. The molecule has 8 nitrogen and oxygen atoms in total. The number of nitrogens with zero attached hydrogens (tertiary/aromatic N) is 2. The molecule has 1 aliphatic heterocycles. The molecule has 0 bridgehead atoms. The molecule has 2 aromatic rings. The molecule has 8 heteroatoms. The van der Waals surface area contributed by atoms with E-state index in [0.717, 1.165) is 49.2 Å². The van der Waals surface area contributed by atoms with Gasteiger partial charge >= 0.3 is 6.09 Å². The van der Waals surface area contributed by atoms with E-state index in [0.29, 0.717) is 57.1 Å². The van der Waals surface area contributed by atoms with E-state index in [9.17, 15) is 9.59 Å². The molecule has 0 radical (unpaired) electrons. The Morgan fingerprint density at radius 3 is 2.28 bits per heavy atom. The fourth-order valence-electron chi connectivity index (χ4n) is 6.48. The summed E-state index contributed by atoms with van der Waals surface area (Å²) in [5, 5.41) is 0. The van der Waals surface area contributed by atoms with Crippen LogP contribution in [0.5, 0.6) is 11.5 Å². The number of methoxy groups -OCH3 is 2. The molecule has 2 aliphatic rings. The van der Waals surface area contributed by atoms with Crippen molar-refractivity contribution in [2.75, 3.05) is 47.1 Å². The topological polar surface area (TPSA) is 77.5 Å². The van der Waals surface area contributed by atoms with Crippen molar-refractivity contribution in [1.29, 1.82) is 0 Å². The molecule has 1 saturated heterocycles. The summed E-state index contributed by atoms with van der Waals surface area (Å²) in [6, 6.07) is 16.5. The predicted molar refractivity (Wildman–Crippen MR) is 181 cm³/mol. The van der Waals surface area contributed by atoms with Gasteiger partial charge in [0.1, 0.15) is 5.60 Å². The Labute approximate surface area is 276 Å². The van der Waals surface area contributed by atoms with Crippen LogP contribution >= 0.6 is 0 Å². The summed E-state index contributed by atoms with van der Waals surface area (Å²) < 4.78 is 22.6. The largest absolute Gasteiger partial charge is 0.493 e. The minimum absolute atomic E-state index is 0.180. The molecule has 4 rings (SSSR count). The third kappa shape index (κ3) is 10.6. The summed E-state index contributed by atoms with van der Waals surface area (Å²) in [4.78, 5) is 30.9. The van der Waals surface area contributed by atoms with Gasteiger partial charge in [-0.3, -0.25) is 4.79 Å². The van der Waals surface area contributed by atoms with Crippen LogP contribution in [0.25, 0.3) is 0 Å². The van der Waals surface area contributed by atoms with Gasteiger partial charge in [0, 0.05) is 45.8 Å². The van der Waals surface area contributed by atoms with Gasteiger partial charge in [-0.1, -0.05) is 50.2 Å². The number of amides is 2. The Morgan fingerprint density at radius 2 is 1.65 bits per heavy atom. The van der Waals surface area contributed by atoms with Crippen LogP contribution in [0.2, 0.25) is 0 Å². The molecule has 1 heterocycles. The van der Waals surface area contributed by atoms with Gasteiger partial charge in [0.25, 0.3) is 0 Å². The number of carbonyl (C=O) groups excluding carboxylic acids is 2. The van der Waals surface area contributed by atoms with Crippen molar-refractivity contribution in [1.82, 2.24) is 9.80 Å². The summed E-state index contributed by atoms with van der Waals surface area (Å²) in [5.74, 6) is 2.92. The van der Waals surface area contributed by atoms with Gasteiger partial charge < -0.3 is 28.7 Å². The smallest absolute Gasteiger partial charge is 0.410 e. The van der Waals surface area contributed by atoms with Crippen LogP contribution in [-0.2, 0) is 27.1 Å². The van der Waals surface area contributed by atoms with Gasteiger partial charge in [0.15, 0.2) is 11.5 Å². The summed E-state index contributed by atoms with van der Waals surface area (Å²) in [5.41, 5.74) is 1.68. The van der Waals surface area contributed by atoms with E-state index in [-0.39, 0.29) is 23.8 Å². The maximum atomic E-state index is 13.7. The zero-order valence-corrected chi connectivity index (χ0v) is 29.1. The number of hydrogen-bond acceptors (Lipinski definition) is 6. The van der Waals surface area contributed by atoms with Crippen molar-refractivity contribution in [2.45, 2.75) is 84.8 Å². The molecule has 2 aromatic carbocycles. The molecule has 3 atom stereocenters. The van der Waals surface area contributed by atoms with Crippen LogP contribution < -0.4 is 9.47 Å². The van der Waals surface area contributed by atoms with Crippen molar-refractivity contribution >= 4 is 12.0 Å². The second-order valence-corrected chi connectivity index (χ2v) is 14.5. The first-order chi connectivity index (χ1) is 22.0. The minimum Gasteiger partial charge on any atom is -0.493 e. The fraction of sp³-hybridized carbons (Fsp3) is 0.632. The third-order valence-corrected chi connectivity index (χ3v) is 9.19. The minimum atomic E-state index is -0.561. The Balaban J connectivity index is 1.51. The van der Waals surface area contributed by atoms with Crippen LogP contribution in [0.15, 0.2) is 48.5 Å². The van der Waals surface area contributed by atoms with Crippen LogP contribution in [0.1, 0.15) is 71.4 Å². The average Bonchev–Trinajstić information content (AvgIpc) is 3.77. The molecular formula is C38H56N2O6. The molecule has 46 heavy (non-hydrogen) atoms. The Kier molecular flexibility index (Phi) is 12.8. The molecular weight excluding hydrogens is 580 g/mol. The van der Waals surface area contributed by atoms with Gasteiger partial charge in [-0.15, -0.1) is 0 Å². The zero-order chi connectivity index (χ0) is 33.3. The highest BCUT2D eigenvalue weighted by atomic mass is 16.6. The molecule has 0 spiro atoms. The Morgan fingerprint density at radius 1 is 0.935 bits per heavy atom. The fourth-order valence-corrected chi connectivity index (χ4v) is 6.48. The molecule has 1 saturated carbocycles. The Hall–Kier alpha value is -3.26. The van der Waals surface area contributed by atoms with Crippen molar-refractivity contribution < 1.29 is 28.5 Å². The second kappa shape index (κ2) is 16.5. The maximum absolute atomic E-state index is 13.7. The number of likely N-dealkylation sites (tertiary alicyclic amines) is 1. The molecule has 2 amide bonds. The number of hydrogen-bond donors (Lipinski definition) is 0. The first-order valence-corrected chi connectivity index (χ1v) is 17.1. The van der Waals surface area contributed by atoms with Gasteiger partial charge in [-0.05, 0) is 93.4 Å². The number of benzene rings is 2. The molecule has 0 aromatic heterocycles. The highest BCUT2D eigenvalue weighted by Gasteiger charge is 2.42. The van der Waals surface area contributed by atoms with Crippen molar-refractivity contribution in [2.24, 2.45) is 23.7 Å². The first kappa shape index (κ1) is 35.6. The van der Waals surface area contributed by atoms with E-state index in [1.165, 1.54) is 5.56 Å². The van der Waals surface area contributed by atoms with E-state index in [1.807, 2.05) is 62.1 Å². The summed E-state index contributed by atoms with van der Waals surface area (Å²) in [7, 11) is 3.36. The molecule has 0 N–H and O–H groups in total. The maximum Gasteiger partial charge on any atom is 0.410 e. The van der Waals surface area contributed by atoms with Gasteiger partial charge in [0.2, 0.25) is 5.91 Å². The monoisotopic (exact) mass is 636 g/mol. The van der Waals surface area contributed by atoms with Crippen LogP contribution in [0.3, 0.4) is 0 Å². The van der Waals surface area contributed by atoms with E-state index in [2.05, 4.69) is 30.9 Å². The van der Waals surface area contributed by atoms with E-state index in [1.54, 1.807) is 14.2 Å². The van der Waals surface area contributed by atoms with Crippen molar-refractivity contribution in [3.8, 4) is 11.5 Å². The third-order valence-electron chi connectivity index (χ3n) is 9.19. The lowest BCUT2D eigenvalue weighted by Gasteiger charge is -2.31. The standard InChI is InChI=1S/C38H56N2O6/c1-27(2)30(20-29-14-17-34(44-7)35(21-29)45-19-11-18-43-6)23-31-24-39(37(42)46-38(3,4)5)25-32(31)26-40(33-15-16-33)36(41)22-28-12-9-8-10-13-28/h8-10,12-14,17,21,27,30-33H,11,15-16,18-20,22-26H2,1-7H3/t30?,31-,32+/m0/s1. The average molecular weight is 637 g/mol. The lowest BCUT2D eigenvalue weighted by Crippen LogP contribution is -2.41. The number of carbonyl (C=O) groups is 2. The SMILES string of the molecule is COCCCOc1cc(CC(C[C@H]2CN(C(=O)OC(C)(C)C)C[C@@H]2CN(C(=O)Cc2ccccc2)C2CC2)C(C)C)ccc1OC. The van der Waals surface area contributed by atoms with Crippen LogP contribution in [0, 0.1) is 23.7 Å². The lowest BCUT2D eigenvalue weighted by molar-refractivity contribution is -0.131. The Bertz CT molecular complexity index is 1260. The number of ether oxygens (including phenoxy) is 4. The van der Waals surface area contributed by atoms with Crippen LogP contribution in [0.4, 0.5) is 4.79 Å². The van der Waals surface area contributed by atoms with Gasteiger partial charge in [-0.25, -0.2) is 4.79 Å². The van der Waals surface area contributed by atoms with E-state index < -0.39 is 5.60 Å².